The van der Waals surface area contributed by atoms with Crippen molar-refractivity contribution < 1.29 is 9.53 Å². The first-order chi connectivity index (χ1) is 12.5. The number of carbonyl (C=O) groups is 1. The van der Waals surface area contributed by atoms with Crippen LogP contribution in [0.1, 0.15) is 38.2 Å². The Hall–Kier alpha value is -1.43. The Morgan fingerprint density at radius 3 is 2.73 bits per heavy atom. The molecule has 0 aliphatic carbocycles. The van der Waals surface area contributed by atoms with Gasteiger partial charge in [0, 0.05) is 43.0 Å². The number of rotatable bonds is 8. The molecule has 0 spiro atoms. The predicted octanol–water partition coefficient (Wildman–Crippen LogP) is 3.65. The van der Waals surface area contributed by atoms with E-state index < -0.39 is 0 Å². The maximum atomic E-state index is 12.4. The summed E-state index contributed by atoms with van der Waals surface area (Å²) in [5.41, 5.74) is 2.89. The molecule has 1 aliphatic heterocycles. The summed E-state index contributed by atoms with van der Waals surface area (Å²) in [5.74, 6) is 0.561. The van der Waals surface area contributed by atoms with E-state index in [1.807, 2.05) is 39.1 Å². The highest BCUT2D eigenvalue weighted by atomic mass is 35.5. The van der Waals surface area contributed by atoms with Crippen LogP contribution in [0.15, 0.2) is 23.2 Å². The molecule has 1 fully saturated rings. The summed E-state index contributed by atoms with van der Waals surface area (Å²) < 4.78 is 5.43. The lowest BCUT2D eigenvalue weighted by atomic mass is 9.91. The molecule has 0 bridgehead atoms. The zero-order valence-electron chi connectivity index (χ0n) is 16.0. The molecule has 6 heteroatoms. The van der Waals surface area contributed by atoms with Crippen molar-refractivity contribution in [3.63, 3.8) is 0 Å². The molecular formula is C20H30ClN3O2. The topological polar surface area (TPSA) is 62.7 Å². The van der Waals surface area contributed by atoms with Crippen LogP contribution in [0.25, 0.3) is 0 Å². The largest absolute Gasteiger partial charge is 0.381 e. The number of aliphatic imine (C=N–C) groups is 1. The Morgan fingerprint density at radius 2 is 2.08 bits per heavy atom. The number of hydrogen-bond donors (Lipinski definition) is 2. The first kappa shape index (κ1) is 20.9. The van der Waals surface area contributed by atoms with Gasteiger partial charge in [0.1, 0.15) is 0 Å². The fourth-order valence-corrected chi connectivity index (χ4v) is 3.48. The number of ether oxygens (including phenoxy) is 1. The fourth-order valence-electron chi connectivity index (χ4n) is 3.25. The van der Waals surface area contributed by atoms with Gasteiger partial charge in [0.15, 0.2) is 0 Å². The summed E-state index contributed by atoms with van der Waals surface area (Å²) in [6.45, 7) is 6.30. The molecular weight excluding hydrogens is 350 g/mol. The number of carbonyl (C=O) groups excluding carboxylic acids is 1. The van der Waals surface area contributed by atoms with Crippen LogP contribution in [0.3, 0.4) is 0 Å². The molecule has 0 radical (unpaired) electrons. The van der Waals surface area contributed by atoms with E-state index >= 15 is 0 Å². The van der Waals surface area contributed by atoms with Crippen molar-refractivity contribution in [2.45, 2.75) is 45.6 Å². The Bertz CT molecular complexity index is 627. The van der Waals surface area contributed by atoms with Crippen molar-refractivity contribution in [1.29, 1.82) is 0 Å². The van der Waals surface area contributed by atoms with E-state index in [9.17, 15) is 4.79 Å². The molecule has 1 aromatic carbocycles. The fraction of sp³-hybridized carbons (Fsp3) is 0.600. The van der Waals surface area contributed by atoms with Crippen LogP contribution >= 0.6 is 11.6 Å². The minimum atomic E-state index is 0.0825. The Balaban J connectivity index is 1.86. The average Bonchev–Trinajstić information content (AvgIpc) is 2.63. The molecule has 2 rings (SSSR count). The minimum absolute atomic E-state index is 0.0825. The summed E-state index contributed by atoms with van der Waals surface area (Å²) >= 11 is 5.98. The highest BCUT2D eigenvalue weighted by Gasteiger charge is 2.24. The third-order valence-electron chi connectivity index (χ3n) is 4.79. The highest BCUT2D eigenvalue weighted by Crippen LogP contribution is 2.23. The number of nitrogens with zero attached hydrogens (tertiary/aromatic N) is 1. The summed E-state index contributed by atoms with van der Waals surface area (Å²) in [4.78, 5) is 17.0. The van der Waals surface area contributed by atoms with Gasteiger partial charge in [-0.15, -0.1) is 0 Å². The Kier molecular flexibility index (Phi) is 8.55. The normalized spacial score (nSPS) is 17.2. The Labute approximate surface area is 161 Å². The van der Waals surface area contributed by atoms with Crippen molar-refractivity contribution in [2.75, 3.05) is 26.8 Å². The van der Waals surface area contributed by atoms with E-state index in [-0.39, 0.29) is 11.9 Å². The minimum Gasteiger partial charge on any atom is -0.381 e. The molecule has 144 valence electrons. The first-order valence-electron chi connectivity index (χ1n) is 9.31. The van der Waals surface area contributed by atoms with E-state index in [2.05, 4.69) is 15.6 Å². The van der Waals surface area contributed by atoms with E-state index in [1.165, 1.54) is 0 Å². The van der Waals surface area contributed by atoms with Gasteiger partial charge >= 0.3 is 0 Å². The third kappa shape index (κ3) is 6.71. The smallest absolute Gasteiger partial charge is 0.220 e. The van der Waals surface area contributed by atoms with E-state index in [4.69, 9.17) is 16.3 Å². The van der Waals surface area contributed by atoms with Gasteiger partial charge in [-0.1, -0.05) is 11.6 Å². The number of amides is 1. The van der Waals surface area contributed by atoms with Crippen LogP contribution in [-0.4, -0.2) is 44.5 Å². The summed E-state index contributed by atoms with van der Waals surface area (Å²) in [7, 11) is 1.92. The van der Waals surface area contributed by atoms with Crippen LogP contribution in [0, 0.1) is 12.8 Å². The van der Waals surface area contributed by atoms with Gasteiger partial charge in [-0.2, -0.15) is 0 Å². The van der Waals surface area contributed by atoms with Crippen LogP contribution in [-0.2, 0) is 9.53 Å². The summed E-state index contributed by atoms with van der Waals surface area (Å²) in [5, 5.41) is 7.10. The molecule has 1 aliphatic rings. The SMILES string of the molecule is CNCC(NC(=O)CCC(C)=Nc1ccc(Cl)cc1C)C1CCOCC1. The average molecular weight is 380 g/mol. The Morgan fingerprint density at radius 1 is 1.35 bits per heavy atom. The maximum absolute atomic E-state index is 12.4. The number of benzene rings is 1. The molecule has 26 heavy (non-hydrogen) atoms. The van der Waals surface area contributed by atoms with Gasteiger partial charge in [-0.3, -0.25) is 9.79 Å². The van der Waals surface area contributed by atoms with Crippen LogP contribution < -0.4 is 10.6 Å². The quantitative estimate of drug-likeness (QED) is 0.677. The standard InChI is InChI=1S/C20H30ClN3O2/c1-14-12-17(21)5-6-18(14)23-15(2)4-7-20(25)24-19(13-22-3)16-8-10-26-11-9-16/h5-6,12,16,19,22H,4,7-11,13H2,1-3H3,(H,24,25). The first-order valence-corrected chi connectivity index (χ1v) is 9.69. The van der Waals surface area contributed by atoms with Crippen LogP contribution in [0.2, 0.25) is 5.02 Å². The molecule has 1 saturated heterocycles. The van der Waals surface area contributed by atoms with E-state index in [1.54, 1.807) is 0 Å². The van der Waals surface area contributed by atoms with Gasteiger partial charge in [0.2, 0.25) is 5.91 Å². The van der Waals surface area contributed by atoms with Gasteiger partial charge in [-0.05, 0) is 69.8 Å². The second-order valence-corrected chi connectivity index (χ2v) is 7.40. The highest BCUT2D eigenvalue weighted by molar-refractivity contribution is 6.30. The van der Waals surface area contributed by atoms with Crippen molar-refractivity contribution in [3.05, 3.63) is 28.8 Å². The lowest BCUT2D eigenvalue weighted by molar-refractivity contribution is -0.122. The molecule has 1 aromatic rings. The van der Waals surface area contributed by atoms with E-state index in [0.717, 1.165) is 49.6 Å². The zero-order chi connectivity index (χ0) is 18.9. The second-order valence-electron chi connectivity index (χ2n) is 6.96. The molecule has 1 atom stereocenters. The number of hydrogen-bond acceptors (Lipinski definition) is 4. The maximum Gasteiger partial charge on any atom is 0.220 e. The van der Waals surface area contributed by atoms with Crippen LogP contribution in [0.4, 0.5) is 5.69 Å². The molecule has 1 heterocycles. The molecule has 1 amide bonds. The molecule has 0 saturated carbocycles. The molecule has 5 nitrogen and oxygen atoms in total. The second kappa shape index (κ2) is 10.7. The van der Waals surface area contributed by atoms with Crippen molar-refractivity contribution >= 4 is 28.9 Å². The van der Waals surface area contributed by atoms with Crippen molar-refractivity contribution in [1.82, 2.24) is 10.6 Å². The monoisotopic (exact) mass is 379 g/mol. The number of aryl methyl sites for hydroxylation is 1. The number of likely N-dealkylation sites (N-methyl/N-ethyl adjacent to an activating group) is 1. The zero-order valence-corrected chi connectivity index (χ0v) is 16.7. The van der Waals surface area contributed by atoms with Gasteiger partial charge < -0.3 is 15.4 Å². The van der Waals surface area contributed by atoms with Crippen molar-refractivity contribution in [3.8, 4) is 0 Å². The molecule has 0 aromatic heterocycles. The predicted molar refractivity (Wildman–Crippen MR) is 108 cm³/mol. The summed E-state index contributed by atoms with van der Waals surface area (Å²) in [6.07, 6.45) is 3.10. The lowest BCUT2D eigenvalue weighted by Crippen LogP contribution is -2.47. The molecule has 2 N–H and O–H groups in total. The van der Waals surface area contributed by atoms with Gasteiger partial charge in [0.05, 0.1) is 5.69 Å². The number of nitrogens with one attached hydrogen (secondary N) is 2. The number of halogens is 1. The molecule has 1 unspecified atom stereocenters. The van der Waals surface area contributed by atoms with Crippen molar-refractivity contribution in [2.24, 2.45) is 10.9 Å². The van der Waals surface area contributed by atoms with Crippen LogP contribution in [0.5, 0.6) is 0 Å². The third-order valence-corrected chi connectivity index (χ3v) is 5.02. The van der Waals surface area contributed by atoms with Gasteiger partial charge in [-0.25, -0.2) is 0 Å². The van der Waals surface area contributed by atoms with Gasteiger partial charge in [0.25, 0.3) is 0 Å². The van der Waals surface area contributed by atoms with E-state index in [0.29, 0.717) is 23.8 Å². The lowest BCUT2D eigenvalue weighted by Gasteiger charge is -2.31. The summed E-state index contributed by atoms with van der Waals surface area (Å²) in [6, 6.07) is 5.81.